The van der Waals surface area contributed by atoms with Gasteiger partial charge in [0.1, 0.15) is 0 Å². The largest absolute Gasteiger partial charge is 0.464 e. The van der Waals surface area contributed by atoms with Gasteiger partial charge in [-0.3, -0.25) is 9.48 Å². The van der Waals surface area contributed by atoms with E-state index in [1.807, 2.05) is 41.9 Å². The van der Waals surface area contributed by atoms with Crippen LogP contribution in [0.4, 0.5) is 0 Å². The second-order valence-electron chi connectivity index (χ2n) is 9.51. The Morgan fingerprint density at radius 2 is 1.79 bits per heavy atom. The highest BCUT2D eigenvalue weighted by Crippen LogP contribution is 2.31. The topological polar surface area (TPSA) is 108 Å². The summed E-state index contributed by atoms with van der Waals surface area (Å²) in [6, 6.07) is 15.4. The number of aromatic nitrogens is 6. The highest BCUT2D eigenvalue weighted by Gasteiger charge is 2.32. The predicted molar refractivity (Wildman–Crippen MR) is 145 cm³/mol. The molecule has 0 bridgehead atoms. The molecule has 1 aliphatic rings. The van der Waals surface area contributed by atoms with Gasteiger partial charge >= 0.3 is 5.97 Å². The third-order valence-corrected chi connectivity index (χ3v) is 7.01. The average Bonchev–Trinajstić information content (AvgIpc) is 3.56. The Morgan fingerprint density at radius 3 is 2.47 bits per heavy atom. The third kappa shape index (κ3) is 4.71. The first-order chi connectivity index (χ1) is 18.5. The third-order valence-electron chi connectivity index (χ3n) is 7.01. The second-order valence-corrected chi connectivity index (χ2v) is 9.51. The van der Waals surface area contributed by atoms with Crippen molar-refractivity contribution in [2.45, 2.75) is 58.5 Å². The molecule has 9 nitrogen and oxygen atoms in total. The van der Waals surface area contributed by atoms with Crippen LogP contribution in [0.25, 0.3) is 22.5 Å². The van der Waals surface area contributed by atoms with Crippen molar-refractivity contribution in [3.63, 3.8) is 0 Å². The van der Waals surface area contributed by atoms with E-state index < -0.39 is 12.0 Å². The van der Waals surface area contributed by atoms with Gasteiger partial charge in [-0.2, -0.15) is 0 Å². The summed E-state index contributed by atoms with van der Waals surface area (Å²) in [5, 5.41) is 14.3. The number of hydrogen-bond acceptors (Lipinski definition) is 6. The highest BCUT2D eigenvalue weighted by atomic mass is 16.5. The lowest BCUT2D eigenvalue weighted by atomic mass is 9.96. The van der Waals surface area contributed by atoms with Crippen molar-refractivity contribution in [2.75, 3.05) is 6.61 Å². The van der Waals surface area contributed by atoms with E-state index >= 15 is 0 Å². The highest BCUT2D eigenvalue weighted by molar-refractivity contribution is 5.80. The maximum absolute atomic E-state index is 13.8. The van der Waals surface area contributed by atoms with Crippen molar-refractivity contribution >= 4 is 5.97 Å². The minimum Gasteiger partial charge on any atom is -0.464 e. The molecule has 9 heteroatoms. The Kier molecular flexibility index (Phi) is 7.35. The van der Waals surface area contributed by atoms with Crippen molar-refractivity contribution in [1.82, 2.24) is 30.0 Å². The minimum atomic E-state index is -0.753. The number of esters is 1. The number of hydrogen-bond donors (Lipinski definition) is 1. The van der Waals surface area contributed by atoms with Gasteiger partial charge in [-0.15, -0.1) is 5.10 Å². The summed E-state index contributed by atoms with van der Waals surface area (Å²) >= 11 is 0. The molecule has 4 aromatic rings. The molecule has 0 fully saturated rings. The Balaban J connectivity index is 1.51. The van der Waals surface area contributed by atoms with E-state index in [2.05, 4.69) is 51.8 Å². The van der Waals surface area contributed by atoms with Crippen LogP contribution in [-0.2, 0) is 22.4 Å². The number of tetrazole rings is 1. The summed E-state index contributed by atoms with van der Waals surface area (Å²) in [5.74, 6) is 0.201. The van der Waals surface area contributed by atoms with Gasteiger partial charge in [0.2, 0.25) is 0 Å². The number of rotatable bonds is 9. The number of aromatic amines is 1. The van der Waals surface area contributed by atoms with Gasteiger partial charge in [0.15, 0.2) is 11.9 Å². The molecule has 3 heterocycles. The van der Waals surface area contributed by atoms with Gasteiger partial charge < -0.3 is 4.74 Å². The van der Waals surface area contributed by atoms with Crippen LogP contribution in [0.1, 0.15) is 62.5 Å². The Labute approximate surface area is 221 Å². The molecule has 38 heavy (non-hydrogen) atoms. The van der Waals surface area contributed by atoms with Gasteiger partial charge in [0.25, 0.3) is 5.56 Å². The van der Waals surface area contributed by atoms with Crippen LogP contribution in [0.5, 0.6) is 0 Å². The van der Waals surface area contributed by atoms with Crippen molar-refractivity contribution in [2.24, 2.45) is 0 Å². The number of carbonyl (C=O) groups excluding carboxylic acids is 1. The molecule has 0 amide bonds. The lowest BCUT2D eigenvalue weighted by Gasteiger charge is -2.27. The first-order valence-electron chi connectivity index (χ1n) is 13.2. The standard InChI is InChI=1S/C29H32N6O3/c1-4-6-11-25-24(28(36)35-26(29(37)38-5-2)17-12-19(3)34(25)35)18-20-13-15-21(16-14-20)22-9-7-8-10-23(22)27-30-32-33-31-27/h7-10,12-17,19,26H,4-6,11,18H2,1-3H3,(H,30,31,32,33). The number of nitrogens with zero attached hydrogens (tertiary/aromatic N) is 5. The average molecular weight is 513 g/mol. The van der Waals surface area contributed by atoms with E-state index in [0.29, 0.717) is 12.2 Å². The zero-order chi connectivity index (χ0) is 26.6. The molecule has 2 aromatic heterocycles. The molecule has 1 N–H and O–H groups in total. The fraction of sp³-hybridized carbons (Fsp3) is 0.345. The number of unbranched alkanes of at least 4 members (excludes halogenated alkanes) is 1. The number of nitrogens with one attached hydrogen (secondary N) is 1. The molecule has 2 atom stereocenters. The molecular weight excluding hydrogens is 480 g/mol. The summed E-state index contributed by atoms with van der Waals surface area (Å²) in [4.78, 5) is 26.5. The van der Waals surface area contributed by atoms with E-state index in [4.69, 9.17) is 4.74 Å². The zero-order valence-electron chi connectivity index (χ0n) is 21.9. The molecule has 196 valence electrons. The second kappa shape index (κ2) is 11.0. The quantitative estimate of drug-likeness (QED) is 0.258. The summed E-state index contributed by atoms with van der Waals surface area (Å²) in [7, 11) is 0. The monoisotopic (exact) mass is 512 g/mol. The van der Waals surface area contributed by atoms with Gasteiger partial charge in [0, 0.05) is 23.2 Å². The minimum absolute atomic E-state index is 0.0292. The van der Waals surface area contributed by atoms with E-state index in [-0.39, 0.29) is 18.2 Å². The summed E-state index contributed by atoms with van der Waals surface area (Å²) < 4.78 is 8.89. The van der Waals surface area contributed by atoms with Crippen LogP contribution in [0.2, 0.25) is 0 Å². The molecular formula is C29H32N6O3. The lowest BCUT2D eigenvalue weighted by Crippen LogP contribution is -2.36. The fourth-order valence-corrected chi connectivity index (χ4v) is 5.17. The van der Waals surface area contributed by atoms with Gasteiger partial charge in [-0.05, 0) is 53.8 Å². The Bertz CT molecular complexity index is 1500. The fourth-order valence-electron chi connectivity index (χ4n) is 5.17. The number of ether oxygens (including phenoxy) is 1. The summed E-state index contributed by atoms with van der Waals surface area (Å²) in [5.41, 5.74) is 5.59. The molecule has 5 rings (SSSR count). The maximum Gasteiger partial charge on any atom is 0.335 e. The first kappa shape index (κ1) is 25.4. The number of fused-ring (bicyclic) bond motifs is 1. The van der Waals surface area contributed by atoms with Crippen molar-refractivity contribution in [1.29, 1.82) is 0 Å². The van der Waals surface area contributed by atoms with Crippen LogP contribution < -0.4 is 5.56 Å². The van der Waals surface area contributed by atoms with Gasteiger partial charge in [0.05, 0.1) is 12.6 Å². The van der Waals surface area contributed by atoms with Crippen LogP contribution in [0.15, 0.2) is 65.5 Å². The van der Waals surface area contributed by atoms with E-state index in [1.54, 1.807) is 17.7 Å². The molecule has 1 aliphatic heterocycles. The lowest BCUT2D eigenvalue weighted by molar-refractivity contribution is -0.146. The van der Waals surface area contributed by atoms with Gasteiger partial charge in [-0.25, -0.2) is 14.6 Å². The number of allylic oxidation sites excluding steroid dienone is 1. The van der Waals surface area contributed by atoms with E-state index in [1.165, 1.54) is 0 Å². The summed E-state index contributed by atoms with van der Waals surface area (Å²) in [6.07, 6.45) is 7.01. The number of benzene rings is 2. The SMILES string of the molecule is CCCCc1c(Cc2ccc(-c3ccccc3-c3nnn[nH]3)cc2)c(=O)n2n1C(C)C=CC2C(=O)OCC. The van der Waals surface area contributed by atoms with Crippen LogP contribution >= 0.6 is 0 Å². The van der Waals surface area contributed by atoms with E-state index in [0.717, 1.165) is 52.8 Å². The molecule has 0 radical (unpaired) electrons. The molecule has 0 aliphatic carbocycles. The molecule has 2 unspecified atom stereocenters. The first-order valence-corrected chi connectivity index (χ1v) is 13.2. The summed E-state index contributed by atoms with van der Waals surface area (Å²) in [6.45, 7) is 6.23. The van der Waals surface area contributed by atoms with Gasteiger partial charge in [-0.1, -0.05) is 74.0 Å². The van der Waals surface area contributed by atoms with Crippen molar-refractivity contribution < 1.29 is 9.53 Å². The zero-order valence-corrected chi connectivity index (χ0v) is 21.9. The Hall–Kier alpha value is -4.27. The van der Waals surface area contributed by atoms with Crippen molar-refractivity contribution in [3.05, 3.63) is 87.9 Å². The molecule has 0 saturated carbocycles. The van der Waals surface area contributed by atoms with Crippen LogP contribution in [0, 0.1) is 0 Å². The molecule has 2 aromatic carbocycles. The molecule has 0 spiro atoms. The normalized spacial score (nSPS) is 16.4. The Morgan fingerprint density at radius 1 is 1.03 bits per heavy atom. The predicted octanol–water partition coefficient (Wildman–Crippen LogP) is 4.67. The molecule has 0 saturated heterocycles. The number of H-pyrrole nitrogens is 1. The van der Waals surface area contributed by atoms with Crippen LogP contribution in [0.3, 0.4) is 0 Å². The smallest absolute Gasteiger partial charge is 0.335 e. The van der Waals surface area contributed by atoms with Crippen molar-refractivity contribution in [3.8, 4) is 22.5 Å². The van der Waals surface area contributed by atoms with E-state index in [9.17, 15) is 9.59 Å². The number of carbonyl (C=O) groups is 1. The van der Waals surface area contributed by atoms with Crippen LogP contribution in [-0.4, -0.2) is 42.6 Å². The maximum atomic E-state index is 13.8.